The first-order valence-corrected chi connectivity index (χ1v) is 4.14. The Bertz CT molecular complexity index is 219. The Kier molecular flexibility index (Phi) is 2.07. The summed E-state index contributed by atoms with van der Waals surface area (Å²) in [5, 5.41) is 20.1. The summed E-state index contributed by atoms with van der Waals surface area (Å²) < 4.78 is 0. The van der Waals surface area contributed by atoms with E-state index in [9.17, 15) is 5.21 Å². The highest BCUT2D eigenvalue weighted by atomic mass is 16.5. The van der Waals surface area contributed by atoms with Gasteiger partial charge in [-0.3, -0.25) is 0 Å². The zero-order chi connectivity index (χ0) is 9.57. The van der Waals surface area contributed by atoms with E-state index in [2.05, 4.69) is 0 Å². The molecule has 0 bridgehead atoms. The lowest BCUT2D eigenvalue weighted by Gasteiger charge is -2.35. The van der Waals surface area contributed by atoms with E-state index in [1.54, 1.807) is 0 Å². The average Bonchev–Trinajstić information content (AvgIpc) is 2.11. The molecule has 12 heavy (non-hydrogen) atoms. The normalized spacial score (nSPS) is 27.3. The molecule has 0 aromatic heterocycles. The van der Waals surface area contributed by atoms with Crippen molar-refractivity contribution in [3.05, 3.63) is 11.6 Å². The molecule has 0 spiro atoms. The number of nitrogens with zero attached hydrogens (tertiary/aromatic N) is 1. The van der Waals surface area contributed by atoms with Crippen molar-refractivity contribution in [2.45, 2.75) is 38.8 Å². The van der Waals surface area contributed by atoms with Crippen LogP contribution in [0.1, 0.15) is 27.7 Å². The van der Waals surface area contributed by atoms with Crippen molar-refractivity contribution in [2.75, 3.05) is 6.61 Å². The zero-order valence-electron chi connectivity index (χ0n) is 8.13. The maximum Gasteiger partial charge on any atom is 0.0660 e. The van der Waals surface area contributed by atoms with E-state index in [-0.39, 0.29) is 12.1 Å². The Morgan fingerprint density at radius 2 is 1.83 bits per heavy atom. The first-order chi connectivity index (χ1) is 5.32. The van der Waals surface area contributed by atoms with E-state index < -0.39 is 5.54 Å². The highest BCUT2D eigenvalue weighted by molar-refractivity contribution is 5.29. The van der Waals surface area contributed by atoms with E-state index in [0.29, 0.717) is 0 Å². The predicted octanol–water partition coefficient (Wildman–Crippen LogP) is 1.17. The fourth-order valence-corrected chi connectivity index (χ4v) is 1.76. The second kappa shape index (κ2) is 2.55. The van der Waals surface area contributed by atoms with Gasteiger partial charge in [-0.05, 0) is 33.3 Å². The van der Waals surface area contributed by atoms with Crippen LogP contribution in [-0.4, -0.2) is 33.1 Å². The summed E-state index contributed by atoms with van der Waals surface area (Å²) in [5.41, 5.74) is 0.0507. The van der Waals surface area contributed by atoms with Crippen LogP contribution in [0.25, 0.3) is 0 Å². The Balaban J connectivity index is 3.03. The monoisotopic (exact) mass is 171 g/mol. The summed E-state index contributed by atoms with van der Waals surface area (Å²) in [7, 11) is 0. The summed E-state index contributed by atoms with van der Waals surface area (Å²) in [5.74, 6) is 0. The summed E-state index contributed by atoms with van der Waals surface area (Å²) in [6, 6.07) is 0. The fraction of sp³-hybridized carbons (Fsp3) is 0.778. The molecule has 1 aliphatic rings. The van der Waals surface area contributed by atoms with Gasteiger partial charge in [0.2, 0.25) is 0 Å². The van der Waals surface area contributed by atoms with Gasteiger partial charge in [0, 0.05) is 0 Å². The van der Waals surface area contributed by atoms with Crippen molar-refractivity contribution in [1.29, 1.82) is 0 Å². The smallest absolute Gasteiger partial charge is 0.0660 e. The summed E-state index contributed by atoms with van der Waals surface area (Å²) in [4.78, 5) is 0. The molecule has 0 radical (unpaired) electrons. The van der Waals surface area contributed by atoms with Crippen molar-refractivity contribution in [3.8, 4) is 0 Å². The zero-order valence-corrected chi connectivity index (χ0v) is 8.13. The van der Waals surface area contributed by atoms with E-state index in [1.807, 2.05) is 33.8 Å². The molecular formula is C9H17NO2. The SMILES string of the molecule is CC1(C)C=C(CO)C(C)(C)N1O. The molecule has 1 heterocycles. The first-order valence-electron chi connectivity index (χ1n) is 4.14. The van der Waals surface area contributed by atoms with Crippen LogP contribution in [-0.2, 0) is 0 Å². The number of rotatable bonds is 1. The third-order valence-electron chi connectivity index (χ3n) is 2.56. The van der Waals surface area contributed by atoms with E-state index >= 15 is 0 Å². The van der Waals surface area contributed by atoms with E-state index in [1.165, 1.54) is 5.06 Å². The van der Waals surface area contributed by atoms with Crippen LogP contribution < -0.4 is 0 Å². The van der Waals surface area contributed by atoms with Crippen LogP contribution in [0, 0.1) is 0 Å². The molecule has 0 unspecified atom stereocenters. The van der Waals surface area contributed by atoms with Crippen LogP contribution in [0.15, 0.2) is 11.6 Å². The molecule has 3 nitrogen and oxygen atoms in total. The van der Waals surface area contributed by atoms with Gasteiger partial charge in [-0.25, -0.2) is 0 Å². The van der Waals surface area contributed by atoms with Crippen LogP contribution in [0.4, 0.5) is 0 Å². The standard InChI is InChI=1S/C9H17NO2/c1-8(2)5-7(6-11)9(3,4)10(8)12/h5,11-12H,6H2,1-4H3. The van der Waals surface area contributed by atoms with Crippen LogP contribution in [0.2, 0.25) is 0 Å². The lowest BCUT2D eigenvalue weighted by Crippen LogP contribution is -2.48. The molecule has 70 valence electrons. The molecule has 0 saturated heterocycles. The molecule has 0 aromatic carbocycles. The lowest BCUT2D eigenvalue weighted by atomic mass is 9.98. The van der Waals surface area contributed by atoms with Gasteiger partial charge in [0.1, 0.15) is 0 Å². The maximum atomic E-state index is 9.76. The average molecular weight is 171 g/mol. The topological polar surface area (TPSA) is 43.7 Å². The van der Waals surface area contributed by atoms with E-state index in [4.69, 9.17) is 5.11 Å². The Morgan fingerprint density at radius 3 is 2.00 bits per heavy atom. The second-order valence-corrected chi connectivity index (χ2v) is 4.35. The summed E-state index contributed by atoms with van der Waals surface area (Å²) >= 11 is 0. The Morgan fingerprint density at radius 1 is 1.33 bits per heavy atom. The van der Waals surface area contributed by atoms with Crippen molar-refractivity contribution in [1.82, 2.24) is 5.06 Å². The summed E-state index contributed by atoms with van der Waals surface area (Å²) in [6.45, 7) is 7.62. The quantitative estimate of drug-likeness (QED) is 0.582. The van der Waals surface area contributed by atoms with Gasteiger partial charge in [-0.2, -0.15) is 5.06 Å². The molecule has 2 N–H and O–H groups in total. The van der Waals surface area contributed by atoms with Crippen LogP contribution >= 0.6 is 0 Å². The number of aliphatic hydroxyl groups is 1. The van der Waals surface area contributed by atoms with Crippen molar-refractivity contribution in [3.63, 3.8) is 0 Å². The third-order valence-corrected chi connectivity index (χ3v) is 2.56. The minimum Gasteiger partial charge on any atom is -0.392 e. The highest BCUT2D eigenvalue weighted by Crippen LogP contribution is 2.37. The number of hydrogen-bond donors (Lipinski definition) is 2. The molecule has 0 amide bonds. The van der Waals surface area contributed by atoms with Crippen LogP contribution in [0.3, 0.4) is 0 Å². The molecule has 3 heteroatoms. The number of aliphatic hydroxyl groups excluding tert-OH is 1. The van der Waals surface area contributed by atoms with Gasteiger partial charge >= 0.3 is 0 Å². The third kappa shape index (κ3) is 1.18. The van der Waals surface area contributed by atoms with Gasteiger partial charge in [0.25, 0.3) is 0 Å². The minimum atomic E-state index is -0.446. The van der Waals surface area contributed by atoms with Gasteiger partial charge in [0.05, 0.1) is 17.7 Å². The Hall–Kier alpha value is -0.380. The molecule has 0 aromatic rings. The largest absolute Gasteiger partial charge is 0.392 e. The molecule has 0 saturated carbocycles. The predicted molar refractivity (Wildman–Crippen MR) is 47.0 cm³/mol. The molecule has 0 atom stereocenters. The summed E-state index contributed by atoms with van der Waals surface area (Å²) in [6.07, 6.45) is 1.91. The van der Waals surface area contributed by atoms with Crippen molar-refractivity contribution >= 4 is 0 Å². The first kappa shape index (κ1) is 9.71. The van der Waals surface area contributed by atoms with Crippen molar-refractivity contribution < 1.29 is 10.3 Å². The highest BCUT2D eigenvalue weighted by Gasteiger charge is 2.44. The number of hydrogen-bond acceptors (Lipinski definition) is 3. The molecule has 1 rings (SSSR count). The molecule has 0 aliphatic carbocycles. The second-order valence-electron chi connectivity index (χ2n) is 4.35. The van der Waals surface area contributed by atoms with E-state index in [0.717, 1.165) is 5.57 Å². The van der Waals surface area contributed by atoms with Gasteiger partial charge < -0.3 is 10.3 Å². The minimum absolute atomic E-state index is 0.00743. The van der Waals surface area contributed by atoms with Gasteiger partial charge in [0.15, 0.2) is 0 Å². The maximum absolute atomic E-state index is 9.76. The van der Waals surface area contributed by atoms with Crippen molar-refractivity contribution in [2.24, 2.45) is 0 Å². The molecule has 0 fully saturated rings. The molecule has 1 aliphatic heterocycles. The van der Waals surface area contributed by atoms with Crippen LogP contribution in [0.5, 0.6) is 0 Å². The lowest BCUT2D eigenvalue weighted by molar-refractivity contribution is -0.186. The fourth-order valence-electron chi connectivity index (χ4n) is 1.76. The Labute approximate surface area is 73.3 Å². The molecular weight excluding hydrogens is 154 g/mol. The van der Waals surface area contributed by atoms with Gasteiger partial charge in [-0.1, -0.05) is 6.08 Å². The van der Waals surface area contributed by atoms with Gasteiger partial charge in [-0.15, -0.1) is 0 Å². The number of hydroxylamine groups is 2.